The van der Waals surface area contributed by atoms with Gasteiger partial charge in [0.25, 0.3) is 5.91 Å². The number of aromatic nitrogens is 3. The van der Waals surface area contributed by atoms with Gasteiger partial charge in [0.2, 0.25) is 10.8 Å². The zero-order valence-electron chi connectivity index (χ0n) is 15.7. The number of aryl methyl sites for hydroxylation is 1. The van der Waals surface area contributed by atoms with Gasteiger partial charge in [-0.15, -0.1) is 5.10 Å². The summed E-state index contributed by atoms with van der Waals surface area (Å²) >= 11 is 1.41. The van der Waals surface area contributed by atoms with E-state index in [-0.39, 0.29) is 17.8 Å². The highest BCUT2D eigenvalue weighted by Gasteiger charge is 2.37. The Bertz CT molecular complexity index is 1120. The van der Waals surface area contributed by atoms with Crippen molar-refractivity contribution in [1.82, 2.24) is 19.5 Å². The fraction of sp³-hybridized carbons (Fsp3) is 0.316. The number of nitrogens with zero attached hydrogens (tertiary/aromatic N) is 4. The van der Waals surface area contributed by atoms with Crippen LogP contribution in [0.5, 0.6) is 5.88 Å². The maximum atomic E-state index is 12.6. The van der Waals surface area contributed by atoms with E-state index in [4.69, 9.17) is 8.83 Å². The van der Waals surface area contributed by atoms with Crippen LogP contribution >= 0.6 is 11.3 Å². The van der Waals surface area contributed by atoms with Crippen LogP contribution in [0.4, 0.5) is 0 Å². The molecule has 0 spiro atoms. The monoisotopic (exact) mass is 414 g/mol. The van der Waals surface area contributed by atoms with Crippen LogP contribution in [0.1, 0.15) is 33.1 Å². The Labute approximate surface area is 169 Å². The second-order valence-electron chi connectivity index (χ2n) is 7.02. The zero-order valence-corrected chi connectivity index (χ0v) is 16.6. The molecule has 5 heterocycles. The lowest BCUT2D eigenvalue weighted by molar-refractivity contribution is -0.930. The number of furan rings is 2. The number of thiazole rings is 1. The lowest BCUT2D eigenvalue weighted by atomic mass is 10.1. The smallest absolute Gasteiger partial charge is 0.289 e. The molecule has 0 radical (unpaired) electrons. The molecule has 9 nitrogen and oxygen atoms in total. The van der Waals surface area contributed by atoms with Crippen LogP contribution < -0.4 is 4.90 Å². The van der Waals surface area contributed by atoms with Crippen LogP contribution in [-0.2, 0) is 0 Å². The van der Waals surface area contributed by atoms with E-state index in [1.165, 1.54) is 27.0 Å². The Morgan fingerprint density at radius 3 is 2.66 bits per heavy atom. The molecule has 4 aromatic rings. The van der Waals surface area contributed by atoms with Crippen LogP contribution in [0.3, 0.4) is 0 Å². The van der Waals surface area contributed by atoms with Gasteiger partial charge >= 0.3 is 0 Å². The SMILES string of the molecule is Cc1nc2sc([C@@H](c3ccco3)[NH+]3CCN(C(=O)c4ccco4)CC3)c(O)n2n1. The number of nitrogens with one attached hydrogen (secondary N) is 1. The number of amides is 1. The maximum absolute atomic E-state index is 12.6. The van der Waals surface area contributed by atoms with Crippen molar-refractivity contribution in [2.45, 2.75) is 13.0 Å². The molecular weight excluding hydrogens is 394 g/mol. The number of rotatable bonds is 4. The summed E-state index contributed by atoms with van der Waals surface area (Å²) in [4.78, 5) is 21.3. The molecule has 1 atom stereocenters. The van der Waals surface area contributed by atoms with Gasteiger partial charge in [-0.3, -0.25) is 4.79 Å². The van der Waals surface area contributed by atoms with Crippen LogP contribution in [0, 0.1) is 6.92 Å². The highest BCUT2D eigenvalue weighted by molar-refractivity contribution is 7.17. The van der Waals surface area contributed by atoms with Crippen LogP contribution in [0.25, 0.3) is 4.96 Å². The third kappa shape index (κ3) is 3.10. The quantitative estimate of drug-likeness (QED) is 0.519. The van der Waals surface area contributed by atoms with Gasteiger partial charge in [-0.25, -0.2) is 4.98 Å². The molecule has 0 saturated carbocycles. The molecular formula is C19H20N5O4S+. The first-order chi connectivity index (χ1) is 14.1. The van der Waals surface area contributed by atoms with Gasteiger partial charge in [0.1, 0.15) is 10.7 Å². The number of fused-ring (bicyclic) bond motifs is 1. The molecule has 0 unspecified atom stereocenters. The summed E-state index contributed by atoms with van der Waals surface area (Å²) in [5, 5.41) is 15.1. The van der Waals surface area contributed by atoms with Gasteiger partial charge in [-0.1, -0.05) is 11.3 Å². The molecule has 0 aliphatic carbocycles. The summed E-state index contributed by atoms with van der Waals surface area (Å²) < 4.78 is 12.4. The summed E-state index contributed by atoms with van der Waals surface area (Å²) in [5.74, 6) is 1.73. The van der Waals surface area contributed by atoms with E-state index in [0.717, 1.165) is 10.6 Å². The molecule has 0 bridgehead atoms. The minimum atomic E-state index is -0.195. The summed E-state index contributed by atoms with van der Waals surface area (Å²) in [5.41, 5.74) is 0. The molecule has 5 rings (SSSR count). The second-order valence-corrected chi connectivity index (χ2v) is 8.03. The van der Waals surface area contributed by atoms with Crippen molar-refractivity contribution in [3.05, 3.63) is 59.0 Å². The van der Waals surface area contributed by atoms with E-state index >= 15 is 0 Å². The maximum Gasteiger partial charge on any atom is 0.289 e. The molecule has 150 valence electrons. The summed E-state index contributed by atoms with van der Waals surface area (Å²) in [6.07, 6.45) is 3.14. The number of hydrogen-bond donors (Lipinski definition) is 2. The van der Waals surface area contributed by atoms with E-state index in [1.807, 2.05) is 12.1 Å². The minimum Gasteiger partial charge on any atom is -0.492 e. The third-order valence-electron chi connectivity index (χ3n) is 5.23. The van der Waals surface area contributed by atoms with Crippen molar-refractivity contribution in [2.24, 2.45) is 0 Å². The molecule has 0 aromatic carbocycles. The summed E-state index contributed by atoms with van der Waals surface area (Å²) in [6.45, 7) is 4.40. The zero-order chi connectivity index (χ0) is 20.0. The van der Waals surface area contributed by atoms with Crippen LogP contribution in [0.2, 0.25) is 0 Å². The number of quaternary nitrogens is 1. The molecule has 1 saturated heterocycles. The Hall–Kier alpha value is -3.11. The van der Waals surface area contributed by atoms with E-state index in [2.05, 4.69) is 10.1 Å². The fourth-order valence-electron chi connectivity index (χ4n) is 3.85. The largest absolute Gasteiger partial charge is 0.492 e. The van der Waals surface area contributed by atoms with Gasteiger partial charge in [0.05, 0.1) is 38.7 Å². The van der Waals surface area contributed by atoms with Gasteiger partial charge in [0, 0.05) is 0 Å². The first-order valence-electron chi connectivity index (χ1n) is 9.37. The van der Waals surface area contributed by atoms with Gasteiger partial charge in [-0.2, -0.15) is 4.52 Å². The molecule has 1 aliphatic heterocycles. The number of piperazine rings is 1. The molecule has 4 aromatic heterocycles. The number of aromatic hydroxyl groups is 1. The standard InChI is InChI=1S/C19H19N5O4S/c1-12-20-19-24(21-12)18(26)16(29-19)15(13-4-2-10-27-13)22-6-8-23(9-7-22)17(25)14-5-3-11-28-14/h2-5,10-11,15,26H,6-9H2,1H3/p+1/t15-/m1/s1. The number of carbonyl (C=O) groups is 1. The topological polar surface area (TPSA) is 101 Å². The molecule has 1 fully saturated rings. The Morgan fingerprint density at radius 1 is 1.24 bits per heavy atom. The van der Waals surface area contributed by atoms with E-state index in [9.17, 15) is 9.90 Å². The fourth-order valence-corrected chi connectivity index (χ4v) is 5.02. The Morgan fingerprint density at radius 2 is 2.00 bits per heavy atom. The number of hydrogen-bond acceptors (Lipinski definition) is 7. The van der Waals surface area contributed by atoms with Crippen molar-refractivity contribution >= 4 is 22.2 Å². The predicted octanol–water partition coefficient (Wildman–Crippen LogP) is 1.12. The van der Waals surface area contributed by atoms with E-state index in [0.29, 0.717) is 42.7 Å². The van der Waals surface area contributed by atoms with Crippen LogP contribution in [-0.4, -0.2) is 56.7 Å². The van der Waals surface area contributed by atoms with Crippen molar-refractivity contribution in [3.8, 4) is 5.88 Å². The van der Waals surface area contributed by atoms with Gasteiger partial charge in [0.15, 0.2) is 17.6 Å². The number of carbonyl (C=O) groups excluding carboxylic acids is 1. The first kappa shape index (κ1) is 18.0. The van der Waals surface area contributed by atoms with Crippen molar-refractivity contribution in [1.29, 1.82) is 0 Å². The van der Waals surface area contributed by atoms with Crippen LogP contribution in [0.15, 0.2) is 45.6 Å². The summed E-state index contributed by atoms with van der Waals surface area (Å²) in [6, 6.07) is 6.96. The average Bonchev–Trinajstić information content (AvgIpc) is 3.51. The lowest BCUT2D eigenvalue weighted by Gasteiger charge is -2.35. The highest BCUT2D eigenvalue weighted by atomic mass is 32.1. The Balaban J connectivity index is 1.42. The molecule has 2 N–H and O–H groups in total. The first-order valence-corrected chi connectivity index (χ1v) is 10.2. The minimum absolute atomic E-state index is 0.0913. The predicted molar refractivity (Wildman–Crippen MR) is 103 cm³/mol. The molecule has 29 heavy (non-hydrogen) atoms. The normalized spacial score (nSPS) is 16.5. The lowest BCUT2D eigenvalue weighted by Crippen LogP contribution is -3.15. The molecule has 1 amide bonds. The highest BCUT2D eigenvalue weighted by Crippen LogP contribution is 2.35. The van der Waals surface area contributed by atoms with E-state index < -0.39 is 0 Å². The van der Waals surface area contributed by atoms with Gasteiger partial charge in [-0.05, 0) is 31.2 Å². The molecule has 1 aliphatic rings. The van der Waals surface area contributed by atoms with Crippen molar-refractivity contribution in [3.63, 3.8) is 0 Å². The summed E-state index contributed by atoms with van der Waals surface area (Å²) in [7, 11) is 0. The second kappa shape index (κ2) is 7.05. The van der Waals surface area contributed by atoms with Gasteiger partial charge < -0.3 is 23.7 Å². The van der Waals surface area contributed by atoms with Crippen molar-refractivity contribution < 1.29 is 23.6 Å². The third-order valence-corrected chi connectivity index (χ3v) is 6.31. The average molecular weight is 414 g/mol. The van der Waals surface area contributed by atoms with Crippen molar-refractivity contribution in [2.75, 3.05) is 26.2 Å². The Kier molecular flexibility index (Phi) is 4.36. The molecule has 10 heteroatoms. The van der Waals surface area contributed by atoms with E-state index in [1.54, 1.807) is 30.2 Å².